The van der Waals surface area contributed by atoms with Gasteiger partial charge in [0.25, 0.3) is 0 Å². The fourth-order valence-electron chi connectivity index (χ4n) is 1.56. The van der Waals surface area contributed by atoms with Crippen molar-refractivity contribution in [3.63, 3.8) is 0 Å². The van der Waals surface area contributed by atoms with Crippen molar-refractivity contribution < 1.29 is 9.47 Å². The van der Waals surface area contributed by atoms with Gasteiger partial charge in [0.1, 0.15) is 0 Å². The van der Waals surface area contributed by atoms with E-state index in [1.165, 1.54) is 11.3 Å². The lowest BCUT2D eigenvalue weighted by molar-refractivity contribution is -0.0944. The van der Waals surface area contributed by atoms with Crippen molar-refractivity contribution in [3.8, 4) is 0 Å². The minimum absolute atomic E-state index is 0.184. The predicted molar refractivity (Wildman–Crippen MR) is 66.9 cm³/mol. The van der Waals surface area contributed by atoms with Gasteiger partial charge in [-0.3, -0.25) is 0 Å². The normalized spacial score (nSPS) is 10.8. The highest BCUT2D eigenvalue weighted by Crippen LogP contribution is 2.14. The molecule has 0 aromatic heterocycles. The number of methoxy groups -OCH3 is 2. The summed E-state index contributed by atoms with van der Waals surface area (Å²) in [7, 11) is 5.34. The van der Waals surface area contributed by atoms with Crippen LogP contribution in [0.2, 0.25) is 0 Å². The fraction of sp³-hybridized carbons (Fsp3) is 0.538. The van der Waals surface area contributed by atoms with E-state index in [0.717, 1.165) is 13.0 Å². The largest absolute Gasteiger partial charge is 0.369 e. The molecule has 0 saturated heterocycles. The Balaban J connectivity index is 2.61. The molecule has 0 spiro atoms. The SMILES string of the molecule is CCc1ccc(N(C)CC(OC)OC)cc1. The molecule has 0 fully saturated rings. The highest BCUT2D eigenvalue weighted by Gasteiger charge is 2.09. The average Bonchev–Trinajstić information content (AvgIpc) is 2.35. The standard InChI is InChI=1S/C13H21NO2/c1-5-11-6-8-12(9-7-11)14(2)10-13(15-3)16-4/h6-9,13H,5,10H2,1-4H3. The van der Waals surface area contributed by atoms with Gasteiger partial charge in [0, 0.05) is 27.0 Å². The Labute approximate surface area is 98.0 Å². The molecule has 3 nitrogen and oxygen atoms in total. The van der Waals surface area contributed by atoms with Gasteiger partial charge in [0.15, 0.2) is 6.29 Å². The van der Waals surface area contributed by atoms with Gasteiger partial charge in [-0.25, -0.2) is 0 Å². The Bertz CT molecular complexity index is 293. The van der Waals surface area contributed by atoms with Crippen molar-refractivity contribution in [3.05, 3.63) is 29.8 Å². The summed E-state index contributed by atoms with van der Waals surface area (Å²) in [5.41, 5.74) is 2.53. The number of ether oxygens (including phenoxy) is 2. The first-order valence-electron chi connectivity index (χ1n) is 5.57. The molecule has 0 aliphatic heterocycles. The van der Waals surface area contributed by atoms with Gasteiger partial charge in [0.2, 0.25) is 0 Å². The second kappa shape index (κ2) is 6.51. The number of benzene rings is 1. The first-order valence-corrected chi connectivity index (χ1v) is 5.57. The first kappa shape index (κ1) is 13.0. The molecule has 0 saturated carbocycles. The Kier molecular flexibility index (Phi) is 5.29. The lowest BCUT2D eigenvalue weighted by Crippen LogP contribution is -2.31. The highest BCUT2D eigenvalue weighted by molar-refractivity contribution is 5.46. The molecular formula is C13H21NO2. The topological polar surface area (TPSA) is 21.7 Å². The van der Waals surface area contributed by atoms with Gasteiger partial charge in [-0.2, -0.15) is 0 Å². The quantitative estimate of drug-likeness (QED) is 0.691. The molecule has 1 rings (SSSR count). The van der Waals surface area contributed by atoms with Crippen molar-refractivity contribution in [1.29, 1.82) is 0 Å². The number of nitrogens with zero attached hydrogens (tertiary/aromatic N) is 1. The van der Waals surface area contributed by atoms with Gasteiger partial charge in [-0.1, -0.05) is 19.1 Å². The number of rotatable bonds is 6. The maximum atomic E-state index is 5.17. The molecule has 0 heterocycles. The summed E-state index contributed by atoms with van der Waals surface area (Å²) in [5.74, 6) is 0. The molecule has 0 aliphatic rings. The first-order chi connectivity index (χ1) is 7.71. The summed E-state index contributed by atoms with van der Waals surface area (Å²) in [6, 6.07) is 8.56. The minimum atomic E-state index is -0.184. The summed E-state index contributed by atoms with van der Waals surface area (Å²) < 4.78 is 10.3. The third-order valence-corrected chi connectivity index (χ3v) is 2.73. The van der Waals surface area contributed by atoms with Crippen LogP contribution >= 0.6 is 0 Å². The van der Waals surface area contributed by atoms with E-state index in [9.17, 15) is 0 Å². The Morgan fingerprint density at radius 1 is 1.12 bits per heavy atom. The molecule has 1 aromatic rings. The highest BCUT2D eigenvalue weighted by atomic mass is 16.7. The summed E-state index contributed by atoms with van der Waals surface area (Å²) in [6.45, 7) is 2.88. The Morgan fingerprint density at radius 3 is 2.12 bits per heavy atom. The van der Waals surface area contributed by atoms with Crippen LogP contribution in [0, 0.1) is 0 Å². The van der Waals surface area contributed by atoms with Gasteiger partial charge in [-0.15, -0.1) is 0 Å². The maximum Gasteiger partial charge on any atom is 0.174 e. The fourth-order valence-corrected chi connectivity index (χ4v) is 1.56. The van der Waals surface area contributed by atoms with Crippen LogP contribution < -0.4 is 4.90 Å². The van der Waals surface area contributed by atoms with E-state index in [1.54, 1.807) is 14.2 Å². The summed E-state index contributed by atoms with van der Waals surface area (Å²) in [5, 5.41) is 0. The lowest BCUT2D eigenvalue weighted by atomic mass is 10.1. The number of hydrogen-bond donors (Lipinski definition) is 0. The molecule has 0 amide bonds. The van der Waals surface area contributed by atoms with Crippen molar-refractivity contribution in [2.24, 2.45) is 0 Å². The van der Waals surface area contributed by atoms with E-state index in [2.05, 4.69) is 36.1 Å². The van der Waals surface area contributed by atoms with Crippen LogP contribution in [0.3, 0.4) is 0 Å². The van der Waals surface area contributed by atoms with Crippen molar-refractivity contribution in [1.82, 2.24) is 0 Å². The van der Waals surface area contributed by atoms with Crippen molar-refractivity contribution in [2.75, 3.05) is 32.7 Å². The van der Waals surface area contributed by atoms with Crippen LogP contribution in [-0.2, 0) is 15.9 Å². The van der Waals surface area contributed by atoms with Crippen LogP contribution in [-0.4, -0.2) is 34.1 Å². The van der Waals surface area contributed by atoms with E-state index >= 15 is 0 Å². The molecule has 0 aliphatic carbocycles. The molecule has 0 radical (unpaired) electrons. The summed E-state index contributed by atoms with van der Waals surface area (Å²) in [4.78, 5) is 2.12. The Hall–Kier alpha value is -1.06. The van der Waals surface area contributed by atoms with Crippen molar-refractivity contribution in [2.45, 2.75) is 19.6 Å². The minimum Gasteiger partial charge on any atom is -0.369 e. The molecule has 0 unspecified atom stereocenters. The molecule has 90 valence electrons. The van der Waals surface area contributed by atoms with Gasteiger partial charge in [-0.05, 0) is 24.1 Å². The van der Waals surface area contributed by atoms with Crippen LogP contribution in [0.4, 0.5) is 5.69 Å². The monoisotopic (exact) mass is 223 g/mol. The molecule has 3 heteroatoms. The van der Waals surface area contributed by atoms with E-state index in [4.69, 9.17) is 9.47 Å². The summed E-state index contributed by atoms with van der Waals surface area (Å²) >= 11 is 0. The van der Waals surface area contributed by atoms with Gasteiger partial charge < -0.3 is 14.4 Å². The number of anilines is 1. The van der Waals surface area contributed by atoms with Crippen LogP contribution in [0.25, 0.3) is 0 Å². The molecule has 0 N–H and O–H groups in total. The van der Waals surface area contributed by atoms with E-state index < -0.39 is 0 Å². The zero-order valence-electron chi connectivity index (χ0n) is 10.6. The molecule has 16 heavy (non-hydrogen) atoms. The second-order valence-electron chi connectivity index (χ2n) is 3.80. The maximum absolute atomic E-state index is 5.17. The van der Waals surface area contributed by atoms with Crippen LogP contribution in [0.1, 0.15) is 12.5 Å². The van der Waals surface area contributed by atoms with Crippen LogP contribution in [0.15, 0.2) is 24.3 Å². The Morgan fingerprint density at radius 2 is 1.69 bits per heavy atom. The molecule has 0 bridgehead atoms. The van der Waals surface area contributed by atoms with E-state index in [-0.39, 0.29) is 6.29 Å². The molecule has 0 atom stereocenters. The van der Waals surface area contributed by atoms with E-state index in [0.29, 0.717) is 0 Å². The predicted octanol–water partition coefficient (Wildman–Crippen LogP) is 2.30. The van der Waals surface area contributed by atoms with E-state index in [1.807, 2.05) is 7.05 Å². The lowest BCUT2D eigenvalue weighted by Gasteiger charge is -2.24. The number of aryl methyl sites for hydroxylation is 1. The smallest absolute Gasteiger partial charge is 0.174 e. The number of likely N-dealkylation sites (N-methyl/N-ethyl adjacent to an activating group) is 1. The molecule has 1 aromatic carbocycles. The van der Waals surface area contributed by atoms with Gasteiger partial charge >= 0.3 is 0 Å². The average molecular weight is 223 g/mol. The third-order valence-electron chi connectivity index (χ3n) is 2.73. The van der Waals surface area contributed by atoms with Crippen molar-refractivity contribution >= 4 is 5.69 Å². The van der Waals surface area contributed by atoms with Crippen LogP contribution in [0.5, 0.6) is 0 Å². The summed E-state index contributed by atoms with van der Waals surface area (Å²) in [6.07, 6.45) is 0.888. The zero-order chi connectivity index (χ0) is 12.0. The number of hydrogen-bond acceptors (Lipinski definition) is 3. The van der Waals surface area contributed by atoms with Gasteiger partial charge in [0.05, 0.1) is 6.54 Å². The second-order valence-corrected chi connectivity index (χ2v) is 3.80. The third kappa shape index (κ3) is 3.51. The zero-order valence-corrected chi connectivity index (χ0v) is 10.6. The molecular weight excluding hydrogens is 202 g/mol.